The Kier molecular flexibility index (Phi) is 4.99. The molecule has 0 heterocycles. The Morgan fingerprint density at radius 2 is 1.53 bits per heavy atom. The lowest BCUT2D eigenvalue weighted by Crippen LogP contribution is -2.27. The SMILES string of the molecule is CNCCC(c1ccccc1)N(C)c1ccccc1. The van der Waals surface area contributed by atoms with E-state index in [0.717, 1.165) is 13.0 Å². The fourth-order valence-corrected chi connectivity index (χ4v) is 2.38. The maximum absolute atomic E-state index is 3.25. The van der Waals surface area contributed by atoms with Crippen LogP contribution in [-0.2, 0) is 0 Å². The molecule has 1 atom stereocenters. The number of anilines is 1. The molecule has 2 heteroatoms. The van der Waals surface area contributed by atoms with Gasteiger partial charge in [-0.05, 0) is 37.7 Å². The number of hydrogen-bond donors (Lipinski definition) is 1. The molecule has 1 unspecified atom stereocenters. The van der Waals surface area contributed by atoms with Crippen LogP contribution in [-0.4, -0.2) is 20.6 Å². The summed E-state index contributed by atoms with van der Waals surface area (Å²) >= 11 is 0. The Morgan fingerprint density at radius 3 is 2.11 bits per heavy atom. The standard InChI is InChI=1S/C17H22N2/c1-18-14-13-17(15-9-5-3-6-10-15)19(2)16-11-7-4-8-12-16/h3-12,17-18H,13-14H2,1-2H3. The molecule has 0 amide bonds. The summed E-state index contributed by atoms with van der Waals surface area (Å²) in [5.41, 5.74) is 2.62. The molecule has 0 bridgehead atoms. The fraction of sp³-hybridized carbons (Fsp3) is 0.294. The van der Waals surface area contributed by atoms with E-state index in [4.69, 9.17) is 0 Å². The Morgan fingerprint density at radius 1 is 0.947 bits per heavy atom. The van der Waals surface area contributed by atoms with Crippen molar-refractivity contribution in [3.05, 3.63) is 66.2 Å². The minimum absolute atomic E-state index is 0.399. The largest absolute Gasteiger partial charge is 0.368 e. The van der Waals surface area contributed by atoms with E-state index in [1.165, 1.54) is 11.3 Å². The summed E-state index contributed by atoms with van der Waals surface area (Å²) in [6.07, 6.45) is 1.09. The van der Waals surface area contributed by atoms with Crippen LogP contribution in [0.15, 0.2) is 60.7 Å². The van der Waals surface area contributed by atoms with Gasteiger partial charge in [0.05, 0.1) is 6.04 Å². The molecule has 1 N–H and O–H groups in total. The monoisotopic (exact) mass is 254 g/mol. The van der Waals surface area contributed by atoms with Crippen LogP contribution in [0.3, 0.4) is 0 Å². The highest BCUT2D eigenvalue weighted by Gasteiger charge is 2.16. The second-order valence-electron chi connectivity index (χ2n) is 4.77. The Balaban J connectivity index is 2.22. The molecule has 2 aromatic carbocycles. The molecule has 0 radical (unpaired) electrons. The maximum Gasteiger partial charge on any atom is 0.0551 e. The lowest BCUT2D eigenvalue weighted by Gasteiger charge is -2.30. The molecule has 0 aliphatic rings. The third-order valence-corrected chi connectivity index (χ3v) is 3.48. The summed E-state index contributed by atoms with van der Waals surface area (Å²) in [6.45, 7) is 1.01. The van der Waals surface area contributed by atoms with E-state index in [-0.39, 0.29) is 0 Å². The van der Waals surface area contributed by atoms with Gasteiger partial charge in [-0.25, -0.2) is 0 Å². The zero-order chi connectivity index (χ0) is 13.5. The van der Waals surface area contributed by atoms with Crippen molar-refractivity contribution in [1.82, 2.24) is 5.32 Å². The van der Waals surface area contributed by atoms with E-state index in [1.54, 1.807) is 0 Å². The average molecular weight is 254 g/mol. The van der Waals surface area contributed by atoms with E-state index in [9.17, 15) is 0 Å². The van der Waals surface area contributed by atoms with Gasteiger partial charge in [0.15, 0.2) is 0 Å². The lowest BCUT2D eigenvalue weighted by atomic mass is 10.0. The van der Waals surface area contributed by atoms with Crippen LogP contribution >= 0.6 is 0 Å². The van der Waals surface area contributed by atoms with Gasteiger partial charge in [-0.15, -0.1) is 0 Å². The molecular formula is C17H22N2. The van der Waals surface area contributed by atoms with Crippen LogP contribution in [0.5, 0.6) is 0 Å². The highest BCUT2D eigenvalue weighted by molar-refractivity contribution is 5.47. The molecule has 2 rings (SSSR count). The number of para-hydroxylation sites is 1. The number of nitrogens with zero attached hydrogens (tertiary/aromatic N) is 1. The van der Waals surface area contributed by atoms with Gasteiger partial charge in [0.1, 0.15) is 0 Å². The molecule has 0 aliphatic carbocycles. The molecule has 0 spiro atoms. The number of nitrogens with one attached hydrogen (secondary N) is 1. The summed E-state index contributed by atoms with van der Waals surface area (Å²) < 4.78 is 0. The van der Waals surface area contributed by atoms with Crippen LogP contribution in [0.1, 0.15) is 18.0 Å². The number of rotatable bonds is 6. The van der Waals surface area contributed by atoms with Crippen molar-refractivity contribution in [3.8, 4) is 0 Å². The molecule has 0 saturated carbocycles. The minimum Gasteiger partial charge on any atom is -0.368 e. The predicted octanol–water partition coefficient (Wildman–Crippen LogP) is 3.47. The topological polar surface area (TPSA) is 15.3 Å². The number of benzene rings is 2. The highest BCUT2D eigenvalue weighted by Crippen LogP contribution is 2.27. The quantitative estimate of drug-likeness (QED) is 0.849. The van der Waals surface area contributed by atoms with Gasteiger partial charge in [-0.2, -0.15) is 0 Å². The van der Waals surface area contributed by atoms with E-state index < -0.39 is 0 Å². The van der Waals surface area contributed by atoms with Crippen molar-refractivity contribution in [2.45, 2.75) is 12.5 Å². The fourth-order valence-electron chi connectivity index (χ4n) is 2.38. The molecule has 100 valence electrons. The highest BCUT2D eigenvalue weighted by atomic mass is 15.1. The second-order valence-corrected chi connectivity index (χ2v) is 4.77. The zero-order valence-corrected chi connectivity index (χ0v) is 11.7. The normalized spacial score (nSPS) is 12.1. The second kappa shape index (κ2) is 6.95. The van der Waals surface area contributed by atoms with E-state index in [0.29, 0.717) is 6.04 Å². The van der Waals surface area contributed by atoms with Crippen molar-refractivity contribution >= 4 is 5.69 Å². The van der Waals surface area contributed by atoms with Crippen molar-refractivity contribution < 1.29 is 0 Å². The summed E-state index contributed by atoms with van der Waals surface area (Å²) in [7, 11) is 4.17. The Hall–Kier alpha value is -1.80. The minimum atomic E-state index is 0.399. The van der Waals surface area contributed by atoms with Gasteiger partial charge in [-0.1, -0.05) is 48.5 Å². The molecule has 2 aromatic rings. The summed E-state index contributed by atoms with van der Waals surface area (Å²) in [4.78, 5) is 2.35. The predicted molar refractivity (Wildman–Crippen MR) is 82.6 cm³/mol. The third kappa shape index (κ3) is 3.58. The van der Waals surface area contributed by atoms with Gasteiger partial charge >= 0.3 is 0 Å². The zero-order valence-electron chi connectivity index (χ0n) is 11.7. The van der Waals surface area contributed by atoms with Gasteiger partial charge in [-0.3, -0.25) is 0 Å². The van der Waals surface area contributed by atoms with Crippen LogP contribution in [0.4, 0.5) is 5.69 Å². The molecule has 19 heavy (non-hydrogen) atoms. The molecule has 2 nitrogen and oxygen atoms in total. The first-order valence-electron chi connectivity index (χ1n) is 6.80. The molecular weight excluding hydrogens is 232 g/mol. The molecule has 0 fully saturated rings. The van der Waals surface area contributed by atoms with Gasteiger partial charge in [0.25, 0.3) is 0 Å². The van der Waals surface area contributed by atoms with Crippen molar-refractivity contribution in [2.75, 3.05) is 25.5 Å². The van der Waals surface area contributed by atoms with Gasteiger partial charge in [0.2, 0.25) is 0 Å². The van der Waals surface area contributed by atoms with Crippen LogP contribution in [0, 0.1) is 0 Å². The van der Waals surface area contributed by atoms with Crippen molar-refractivity contribution in [2.24, 2.45) is 0 Å². The van der Waals surface area contributed by atoms with E-state index in [2.05, 4.69) is 77.9 Å². The van der Waals surface area contributed by atoms with Crippen LogP contribution in [0.2, 0.25) is 0 Å². The maximum atomic E-state index is 3.25. The van der Waals surface area contributed by atoms with E-state index >= 15 is 0 Å². The average Bonchev–Trinajstić information content (AvgIpc) is 2.49. The first-order chi connectivity index (χ1) is 9.33. The first kappa shape index (κ1) is 13.6. The Bertz CT molecular complexity index is 467. The van der Waals surface area contributed by atoms with Crippen LogP contribution in [0.25, 0.3) is 0 Å². The first-order valence-corrected chi connectivity index (χ1v) is 6.80. The van der Waals surface area contributed by atoms with Crippen molar-refractivity contribution in [1.29, 1.82) is 0 Å². The van der Waals surface area contributed by atoms with Crippen molar-refractivity contribution in [3.63, 3.8) is 0 Å². The van der Waals surface area contributed by atoms with Crippen LogP contribution < -0.4 is 10.2 Å². The molecule has 0 saturated heterocycles. The summed E-state index contributed by atoms with van der Waals surface area (Å²) in [6, 6.07) is 21.7. The summed E-state index contributed by atoms with van der Waals surface area (Å²) in [5, 5.41) is 3.25. The third-order valence-electron chi connectivity index (χ3n) is 3.48. The van der Waals surface area contributed by atoms with E-state index in [1.807, 2.05) is 7.05 Å². The smallest absolute Gasteiger partial charge is 0.0551 e. The number of hydrogen-bond acceptors (Lipinski definition) is 2. The molecule has 0 aromatic heterocycles. The van der Waals surface area contributed by atoms with Gasteiger partial charge in [0, 0.05) is 12.7 Å². The lowest BCUT2D eigenvalue weighted by molar-refractivity contribution is 0.586. The Labute approximate surface area is 116 Å². The van der Waals surface area contributed by atoms with Gasteiger partial charge < -0.3 is 10.2 Å². The summed E-state index contributed by atoms with van der Waals surface area (Å²) in [5.74, 6) is 0. The molecule has 0 aliphatic heterocycles.